The van der Waals surface area contributed by atoms with Gasteiger partial charge in [-0.25, -0.2) is 4.99 Å². The molecule has 4 nitrogen and oxygen atoms in total. The number of phenolic OH excluding ortho intramolecular Hbond substituents is 1. The number of benzene rings is 3. The number of rotatable bonds is 3. The van der Waals surface area contributed by atoms with Gasteiger partial charge in [0.15, 0.2) is 10.9 Å². The minimum Gasteiger partial charge on any atom is -0.505 e. The number of nitrogens with zero attached hydrogens (tertiary/aromatic N) is 2. The first-order valence-electron chi connectivity index (χ1n) is 8.83. The molecule has 9 heteroatoms. The van der Waals surface area contributed by atoms with E-state index in [1.165, 1.54) is 28.8 Å². The molecule has 0 aliphatic carbocycles. The van der Waals surface area contributed by atoms with Crippen LogP contribution in [0.15, 0.2) is 70.6 Å². The quantitative estimate of drug-likeness (QED) is 0.366. The van der Waals surface area contributed by atoms with Gasteiger partial charge in [-0.15, -0.1) is 0 Å². The summed E-state index contributed by atoms with van der Waals surface area (Å²) in [6.45, 7) is 0. The van der Waals surface area contributed by atoms with Crippen LogP contribution in [-0.2, 0) is 4.79 Å². The third kappa shape index (κ3) is 4.86. The zero-order valence-electron chi connectivity index (χ0n) is 15.5. The zero-order chi connectivity index (χ0) is 22.1. The molecule has 1 amide bonds. The number of aliphatic imine (C=N–C) groups is 1. The lowest BCUT2D eigenvalue weighted by Gasteiger charge is -2.15. The first-order chi connectivity index (χ1) is 14.8. The van der Waals surface area contributed by atoms with E-state index in [1.54, 1.807) is 54.6 Å². The van der Waals surface area contributed by atoms with Crippen LogP contribution < -0.4 is 4.90 Å². The number of hydrogen-bond donors (Lipinski definition) is 1. The molecular weight excluding hydrogens is 498 g/mol. The van der Waals surface area contributed by atoms with Crippen molar-refractivity contribution < 1.29 is 9.90 Å². The Morgan fingerprint density at radius 2 is 1.42 bits per heavy atom. The van der Waals surface area contributed by atoms with E-state index >= 15 is 0 Å². The molecule has 0 bridgehead atoms. The fraction of sp³-hybridized carbons (Fsp3) is 0. The fourth-order valence-electron chi connectivity index (χ4n) is 2.81. The van der Waals surface area contributed by atoms with Gasteiger partial charge in [0.05, 0.1) is 26.3 Å². The Kier molecular flexibility index (Phi) is 6.51. The summed E-state index contributed by atoms with van der Waals surface area (Å²) in [5.41, 5.74) is 1.85. The second kappa shape index (κ2) is 9.15. The monoisotopic (exact) mass is 508 g/mol. The van der Waals surface area contributed by atoms with Gasteiger partial charge in [-0.3, -0.25) is 9.69 Å². The van der Waals surface area contributed by atoms with E-state index in [9.17, 15) is 9.90 Å². The molecule has 3 aromatic carbocycles. The SMILES string of the molecule is O=C1/C(=C/c2cc(Cl)c(O)c(Cl)c2)SC(=Nc2ccc(Cl)cc2)N1c1ccc(Cl)cc1. The topological polar surface area (TPSA) is 52.9 Å². The molecule has 0 radical (unpaired) electrons. The fourth-order valence-corrected chi connectivity index (χ4v) is 4.57. The number of carbonyl (C=O) groups excluding carboxylic acids is 1. The molecule has 0 spiro atoms. The average Bonchev–Trinajstić information content (AvgIpc) is 3.03. The molecule has 4 rings (SSSR count). The van der Waals surface area contributed by atoms with Crippen molar-refractivity contribution in [2.75, 3.05) is 4.90 Å². The maximum atomic E-state index is 13.3. The molecule has 3 aromatic rings. The number of carbonyl (C=O) groups is 1. The van der Waals surface area contributed by atoms with Crippen molar-refractivity contribution in [3.63, 3.8) is 0 Å². The average molecular weight is 510 g/mol. The molecule has 1 saturated heterocycles. The van der Waals surface area contributed by atoms with Gasteiger partial charge < -0.3 is 5.11 Å². The third-order valence-corrected chi connectivity index (χ3v) is 6.33. The molecule has 0 unspecified atom stereocenters. The summed E-state index contributed by atoms with van der Waals surface area (Å²) in [4.78, 5) is 19.8. The lowest BCUT2D eigenvalue weighted by atomic mass is 10.2. The summed E-state index contributed by atoms with van der Waals surface area (Å²) in [5, 5.41) is 11.6. The number of anilines is 1. The van der Waals surface area contributed by atoms with Crippen LogP contribution in [0.4, 0.5) is 11.4 Å². The molecule has 1 N–H and O–H groups in total. The number of hydrogen-bond acceptors (Lipinski definition) is 4. The summed E-state index contributed by atoms with van der Waals surface area (Å²) >= 11 is 25.2. The van der Waals surface area contributed by atoms with E-state index in [-0.39, 0.29) is 21.7 Å². The molecule has 1 fully saturated rings. The minimum absolute atomic E-state index is 0.0967. The number of aromatic hydroxyl groups is 1. The largest absolute Gasteiger partial charge is 0.505 e. The summed E-state index contributed by atoms with van der Waals surface area (Å²) in [6.07, 6.45) is 1.65. The summed E-state index contributed by atoms with van der Waals surface area (Å²) in [7, 11) is 0. The van der Waals surface area contributed by atoms with Gasteiger partial charge >= 0.3 is 0 Å². The maximum absolute atomic E-state index is 13.3. The molecule has 0 atom stereocenters. The van der Waals surface area contributed by atoms with E-state index in [4.69, 9.17) is 46.4 Å². The molecular formula is C22H12Cl4N2O2S. The second-order valence-electron chi connectivity index (χ2n) is 6.43. The molecule has 156 valence electrons. The number of amidine groups is 1. The number of thioether (sulfide) groups is 1. The number of phenols is 1. The Labute approximate surface area is 202 Å². The molecule has 1 aliphatic heterocycles. The van der Waals surface area contributed by atoms with Crippen molar-refractivity contribution in [2.24, 2.45) is 4.99 Å². The van der Waals surface area contributed by atoms with Crippen LogP contribution in [0.5, 0.6) is 5.75 Å². The summed E-state index contributed by atoms with van der Waals surface area (Å²) < 4.78 is 0. The molecule has 0 aromatic heterocycles. The van der Waals surface area contributed by atoms with Gasteiger partial charge in [0.2, 0.25) is 0 Å². The van der Waals surface area contributed by atoms with Gasteiger partial charge in [0, 0.05) is 10.0 Å². The minimum atomic E-state index is -0.264. The molecule has 1 heterocycles. The van der Waals surface area contributed by atoms with Gasteiger partial charge in [0.25, 0.3) is 5.91 Å². The molecule has 31 heavy (non-hydrogen) atoms. The lowest BCUT2D eigenvalue weighted by Crippen LogP contribution is -2.28. The Hall–Kier alpha value is -2.15. The van der Waals surface area contributed by atoms with Crippen molar-refractivity contribution >= 4 is 86.7 Å². The van der Waals surface area contributed by atoms with Crippen molar-refractivity contribution in [2.45, 2.75) is 0 Å². The predicted molar refractivity (Wildman–Crippen MR) is 131 cm³/mol. The smallest absolute Gasteiger partial charge is 0.271 e. The zero-order valence-corrected chi connectivity index (χ0v) is 19.4. The number of amides is 1. The first kappa shape index (κ1) is 22.1. The molecule has 0 saturated carbocycles. The van der Waals surface area contributed by atoms with Crippen LogP contribution in [0.3, 0.4) is 0 Å². The van der Waals surface area contributed by atoms with E-state index in [2.05, 4.69) is 4.99 Å². The highest BCUT2D eigenvalue weighted by molar-refractivity contribution is 8.19. The van der Waals surface area contributed by atoms with Crippen LogP contribution in [0.2, 0.25) is 20.1 Å². The van der Waals surface area contributed by atoms with E-state index in [0.29, 0.717) is 37.1 Å². The van der Waals surface area contributed by atoms with Crippen molar-refractivity contribution in [1.29, 1.82) is 0 Å². The summed E-state index contributed by atoms with van der Waals surface area (Å²) in [5.74, 6) is -0.468. The Bertz CT molecular complexity index is 1200. The Morgan fingerprint density at radius 1 is 0.871 bits per heavy atom. The normalized spacial score (nSPS) is 16.5. The van der Waals surface area contributed by atoms with Crippen molar-refractivity contribution in [1.82, 2.24) is 0 Å². The van der Waals surface area contributed by atoms with Gasteiger partial charge in [-0.05, 0) is 84.1 Å². The lowest BCUT2D eigenvalue weighted by molar-refractivity contribution is -0.113. The highest BCUT2D eigenvalue weighted by atomic mass is 35.5. The third-order valence-electron chi connectivity index (χ3n) is 4.28. The van der Waals surface area contributed by atoms with Crippen LogP contribution in [0, 0.1) is 0 Å². The second-order valence-corrected chi connectivity index (χ2v) is 9.13. The highest BCUT2D eigenvalue weighted by Gasteiger charge is 2.34. The molecule has 1 aliphatic rings. The standard InChI is InChI=1S/C22H12Cl4N2O2S/c23-13-1-5-15(6-2-13)27-22-28(16-7-3-14(24)4-8-16)21(30)19(31-22)11-12-9-17(25)20(29)18(26)10-12/h1-11,29H/b19-11-,27-22?. The maximum Gasteiger partial charge on any atom is 0.271 e. The van der Waals surface area contributed by atoms with E-state index in [0.717, 1.165) is 0 Å². The van der Waals surface area contributed by atoms with Crippen LogP contribution in [0.1, 0.15) is 5.56 Å². The van der Waals surface area contributed by atoms with E-state index < -0.39 is 0 Å². The van der Waals surface area contributed by atoms with Crippen molar-refractivity contribution in [3.05, 3.63) is 91.2 Å². The van der Waals surface area contributed by atoms with Gasteiger partial charge in [0.1, 0.15) is 0 Å². The first-order valence-corrected chi connectivity index (χ1v) is 11.2. The van der Waals surface area contributed by atoms with Crippen molar-refractivity contribution in [3.8, 4) is 5.75 Å². The van der Waals surface area contributed by atoms with Crippen LogP contribution >= 0.6 is 58.2 Å². The van der Waals surface area contributed by atoms with Gasteiger partial charge in [-0.1, -0.05) is 46.4 Å². The highest BCUT2D eigenvalue weighted by Crippen LogP contribution is 2.39. The van der Waals surface area contributed by atoms with Crippen LogP contribution in [0.25, 0.3) is 6.08 Å². The summed E-state index contributed by atoms with van der Waals surface area (Å²) in [6, 6.07) is 17.0. The Balaban J connectivity index is 1.78. The van der Waals surface area contributed by atoms with E-state index in [1.807, 2.05) is 0 Å². The Morgan fingerprint density at radius 3 is 2.00 bits per heavy atom. The van der Waals surface area contributed by atoms with Crippen LogP contribution in [-0.4, -0.2) is 16.2 Å². The number of halogens is 4. The predicted octanol–water partition coefficient (Wildman–Crippen LogP) is 7.81. The van der Waals surface area contributed by atoms with Gasteiger partial charge in [-0.2, -0.15) is 0 Å².